The predicted molar refractivity (Wildman–Crippen MR) is 112 cm³/mol. The number of carbonyl (C=O) groups excluding carboxylic acids is 1. The van der Waals surface area contributed by atoms with Gasteiger partial charge in [0.2, 0.25) is 0 Å². The predicted octanol–water partition coefficient (Wildman–Crippen LogP) is 4.93. The van der Waals surface area contributed by atoms with Gasteiger partial charge in [0.15, 0.2) is 0 Å². The number of carbonyl (C=O) groups is 1. The third-order valence-electron chi connectivity index (χ3n) is 4.64. The number of aromatic nitrogens is 1. The highest BCUT2D eigenvalue weighted by Gasteiger charge is 2.16. The fraction of sp³-hybridized carbons (Fsp3) is 0.0833. The van der Waals surface area contributed by atoms with Gasteiger partial charge in [-0.25, -0.2) is 4.79 Å². The molecule has 29 heavy (non-hydrogen) atoms. The summed E-state index contributed by atoms with van der Waals surface area (Å²) < 4.78 is 5.13. The van der Waals surface area contributed by atoms with E-state index >= 15 is 0 Å². The number of amides is 2. The van der Waals surface area contributed by atoms with E-state index in [9.17, 15) is 4.79 Å². The van der Waals surface area contributed by atoms with E-state index in [2.05, 4.69) is 15.6 Å². The van der Waals surface area contributed by atoms with Crippen LogP contribution in [0.2, 0.25) is 0 Å². The molecule has 0 unspecified atom stereocenters. The smallest absolute Gasteiger partial charge is 0.315 e. The second kappa shape index (κ2) is 8.89. The number of pyridine rings is 1. The van der Waals surface area contributed by atoms with Crippen LogP contribution in [0.4, 0.5) is 4.79 Å². The number of hydrogen-bond acceptors (Lipinski definition) is 3. The first-order valence-electron chi connectivity index (χ1n) is 9.40. The Bertz CT molecular complexity index is 1010. The standard InChI is InChI=1S/C24H21N3O2/c28-24(26-15-18-13-22(16-25-14-18)21-11-12-29-17-21)27-23(19-7-3-1-4-8-19)20-9-5-2-6-10-20/h1-14,16-17,23H,15H2,(H2,26,27,28). The first-order chi connectivity index (χ1) is 14.3. The van der Waals surface area contributed by atoms with Crippen molar-refractivity contribution >= 4 is 6.03 Å². The van der Waals surface area contributed by atoms with Crippen LogP contribution in [-0.4, -0.2) is 11.0 Å². The van der Waals surface area contributed by atoms with E-state index in [0.717, 1.165) is 27.8 Å². The monoisotopic (exact) mass is 383 g/mol. The van der Waals surface area contributed by atoms with Crippen LogP contribution in [0.25, 0.3) is 11.1 Å². The first-order valence-corrected chi connectivity index (χ1v) is 9.40. The van der Waals surface area contributed by atoms with Crippen molar-refractivity contribution in [2.45, 2.75) is 12.6 Å². The highest BCUT2D eigenvalue weighted by Crippen LogP contribution is 2.22. The molecule has 0 atom stereocenters. The van der Waals surface area contributed by atoms with Gasteiger partial charge < -0.3 is 15.1 Å². The van der Waals surface area contributed by atoms with Crippen LogP contribution in [-0.2, 0) is 6.54 Å². The number of benzene rings is 2. The molecule has 0 fully saturated rings. The molecule has 4 aromatic rings. The van der Waals surface area contributed by atoms with Crippen molar-refractivity contribution in [1.29, 1.82) is 0 Å². The van der Waals surface area contributed by atoms with Crippen LogP contribution in [0.3, 0.4) is 0 Å². The highest BCUT2D eigenvalue weighted by molar-refractivity contribution is 5.75. The number of rotatable bonds is 6. The van der Waals surface area contributed by atoms with E-state index in [4.69, 9.17) is 4.42 Å². The normalized spacial score (nSPS) is 10.7. The minimum atomic E-state index is -0.239. The SMILES string of the molecule is O=C(NCc1cncc(-c2ccoc2)c1)NC(c1ccccc1)c1ccccc1. The summed E-state index contributed by atoms with van der Waals surface area (Å²) in [7, 11) is 0. The van der Waals surface area contributed by atoms with Crippen molar-refractivity contribution in [3.63, 3.8) is 0 Å². The lowest BCUT2D eigenvalue weighted by atomic mass is 9.99. The molecule has 0 aliphatic rings. The maximum atomic E-state index is 12.6. The lowest BCUT2D eigenvalue weighted by molar-refractivity contribution is 0.238. The summed E-state index contributed by atoms with van der Waals surface area (Å²) >= 11 is 0. The van der Waals surface area contributed by atoms with Crippen LogP contribution in [0.1, 0.15) is 22.7 Å². The zero-order valence-electron chi connectivity index (χ0n) is 15.8. The molecule has 2 amide bonds. The van der Waals surface area contributed by atoms with E-state index in [-0.39, 0.29) is 12.1 Å². The summed E-state index contributed by atoms with van der Waals surface area (Å²) in [5, 5.41) is 6.00. The van der Waals surface area contributed by atoms with Gasteiger partial charge in [-0.2, -0.15) is 0 Å². The van der Waals surface area contributed by atoms with E-state index in [0.29, 0.717) is 6.54 Å². The highest BCUT2D eigenvalue weighted by atomic mass is 16.3. The Kier molecular flexibility index (Phi) is 5.67. The van der Waals surface area contributed by atoms with Gasteiger partial charge >= 0.3 is 6.03 Å². The van der Waals surface area contributed by atoms with Crippen LogP contribution in [0.15, 0.2) is 102 Å². The molecule has 2 aromatic carbocycles. The number of nitrogens with zero attached hydrogens (tertiary/aromatic N) is 1. The third kappa shape index (κ3) is 4.71. The van der Waals surface area contributed by atoms with Crippen LogP contribution >= 0.6 is 0 Å². The van der Waals surface area contributed by atoms with Gasteiger partial charge in [0, 0.05) is 30.1 Å². The Morgan fingerprint density at radius 2 is 1.59 bits per heavy atom. The Morgan fingerprint density at radius 3 is 2.21 bits per heavy atom. The van der Waals surface area contributed by atoms with Gasteiger partial charge in [-0.15, -0.1) is 0 Å². The summed E-state index contributed by atoms with van der Waals surface area (Å²) in [6, 6.07) is 23.3. The molecule has 5 heteroatoms. The van der Waals surface area contributed by atoms with Crippen molar-refractivity contribution in [1.82, 2.24) is 15.6 Å². The van der Waals surface area contributed by atoms with Gasteiger partial charge in [-0.1, -0.05) is 60.7 Å². The minimum Gasteiger partial charge on any atom is -0.472 e. The fourth-order valence-electron chi connectivity index (χ4n) is 3.19. The van der Waals surface area contributed by atoms with Gasteiger partial charge in [0.25, 0.3) is 0 Å². The summed E-state index contributed by atoms with van der Waals surface area (Å²) in [5.74, 6) is 0. The largest absolute Gasteiger partial charge is 0.472 e. The lowest BCUT2D eigenvalue weighted by Gasteiger charge is -2.20. The molecule has 0 bridgehead atoms. The second-order valence-electron chi connectivity index (χ2n) is 6.68. The molecule has 5 nitrogen and oxygen atoms in total. The van der Waals surface area contributed by atoms with Crippen molar-refractivity contribution in [2.24, 2.45) is 0 Å². The Balaban J connectivity index is 1.44. The first kappa shape index (κ1) is 18.5. The van der Waals surface area contributed by atoms with Crippen molar-refractivity contribution in [3.8, 4) is 11.1 Å². The Morgan fingerprint density at radius 1 is 0.897 bits per heavy atom. The molecule has 144 valence electrons. The van der Waals surface area contributed by atoms with Gasteiger partial charge in [0.05, 0.1) is 18.6 Å². The molecular weight excluding hydrogens is 362 g/mol. The lowest BCUT2D eigenvalue weighted by Crippen LogP contribution is -2.38. The molecule has 2 heterocycles. The van der Waals surface area contributed by atoms with Crippen molar-refractivity contribution < 1.29 is 9.21 Å². The summed E-state index contributed by atoms with van der Waals surface area (Å²) in [6.07, 6.45) is 6.82. The summed E-state index contributed by atoms with van der Waals surface area (Å²) in [4.78, 5) is 16.9. The van der Waals surface area contributed by atoms with Crippen LogP contribution < -0.4 is 10.6 Å². The number of hydrogen-bond donors (Lipinski definition) is 2. The molecule has 2 aromatic heterocycles. The summed E-state index contributed by atoms with van der Waals surface area (Å²) in [6.45, 7) is 0.376. The molecule has 0 saturated heterocycles. The van der Waals surface area contributed by atoms with Gasteiger partial charge in [-0.05, 0) is 28.8 Å². The molecule has 0 aliphatic heterocycles. The number of furan rings is 1. The zero-order valence-corrected chi connectivity index (χ0v) is 15.8. The molecule has 0 aliphatic carbocycles. The van der Waals surface area contributed by atoms with Crippen molar-refractivity contribution in [2.75, 3.05) is 0 Å². The zero-order chi connectivity index (χ0) is 19.9. The molecule has 4 rings (SSSR count). The Labute approximate surface area is 169 Å². The van der Waals surface area contributed by atoms with Gasteiger partial charge in [-0.3, -0.25) is 4.98 Å². The molecule has 2 N–H and O–H groups in total. The van der Waals surface area contributed by atoms with Crippen molar-refractivity contribution in [3.05, 3.63) is 114 Å². The maximum Gasteiger partial charge on any atom is 0.315 e. The quantitative estimate of drug-likeness (QED) is 0.496. The van der Waals surface area contributed by atoms with Gasteiger partial charge in [0.1, 0.15) is 0 Å². The maximum absolute atomic E-state index is 12.6. The fourth-order valence-corrected chi connectivity index (χ4v) is 3.19. The average Bonchev–Trinajstić information content (AvgIpc) is 3.33. The molecular formula is C24H21N3O2. The average molecular weight is 383 g/mol. The number of urea groups is 1. The minimum absolute atomic E-state index is 0.229. The molecule has 0 radical (unpaired) electrons. The number of nitrogens with one attached hydrogen (secondary N) is 2. The third-order valence-corrected chi connectivity index (χ3v) is 4.64. The van der Waals surface area contributed by atoms with E-state index in [1.165, 1.54) is 0 Å². The van der Waals surface area contributed by atoms with Crippen LogP contribution in [0, 0.1) is 0 Å². The topological polar surface area (TPSA) is 67.2 Å². The Hall–Kier alpha value is -3.86. The van der Waals surface area contributed by atoms with E-state index in [1.807, 2.05) is 72.8 Å². The second-order valence-corrected chi connectivity index (χ2v) is 6.68. The molecule has 0 saturated carbocycles. The van der Waals surface area contributed by atoms with E-state index in [1.54, 1.807) is 24.9 Å². The molecule has 0 spiro atoms. The van der Waals surface area contributed by atoms with Crippen LogP contribution in [0.5, 0.6) is 0 Å². The summed E-state index contributed by atoms with van der Waals surface area (Å²) in [5.41, 5.74) is 4.87. The van der Waals surface area contributed by atoms with E-state index < -0.39 is 0 Å².